The summed E-state index contributed by atoms with van der Waals surface area (Å²) in [6.45, 7) is 15.8. The lowest BCUT2D eigenvalue weighted by Gasteiger charge is -2.42. The molecular formula is C15H31N3O. The smallest absolute Gasteiger partial charge is 0.0521 e. The van der Waals surface area contributed by atoms with Crippen LogP contribution >= 0.6 is 0 Å². The molecular weight excluding hydrogens is 238 g/mol. The van der Waals surface area contributed by atoms with Crippen LogP contribution in [0.25, 0.3) is 0 Å². The third kappa shape index (κ3) is 4.15. The molecule has 0 aliphatic carbocycles. The summed E-state index contributed by atoms with van der Waals surface area (Å²) in [7, 11) is 0. The van der Waals surface area contributed by atoms with Gasteiger partial charge >= 0.3 is 0 Å². The topological polar surface area (TPSA) is 27.7 Å². The van der Waals surface area contributed by atoms with Gasteiger partial charge in [-0.25, -0.2) is 0 Å². The molecule has 2 rings (SSSR count). The molecule has 0 bridgehead atoms. The maximum Gasteiger partial charge on any atom is 0.0521 e. The molecule has 2 aliphatic heterocycles. The Morgan fingerprint density at radius 2 is 2.11 bits per heavy atom. The highest BCUT2D eigenvalue weighted by molar-refractivity contribution is 4.85. The fourth-order valence-corrected chi connectivity index (χ4v) is 3.55. The van der Waals surface area contributed by atoms with Crippen molar-refractivity contribution < 1.29 is 4.74 Å². The number of rotatable bonds is 5. The molecule has 2 aliphatic rings. The number of nitrogens with one attached hydrogen (secondary N) is 1. The minimum absolute atomic E-state index is 0.651. The van der Waals surface area contributed by atoms with Gasteiger partial charge in [0.15, 0.2) is 0 Å². The van der Waals surface area contributed by atoms with E-state index in [9.17, 15) is 0 Å². The summed E-state index contributed by atoms with van der Waals surface area (Å²) in [5.74, 6) is 0.661. The van der Waals surface area contributed by atoms with Gasteiger partial charge < -0.3 is 15.0 Å². The van der Waals surface area contributed by atoms with Crippen molar-refractivity contribution in [1.82, 2.24) is 15.1 Å². The Hall–Kier alpha value is -0.160. The van der Waals surface area contributed by atoms with Crippen LogP contribution in [0.2, 0.25) is 0 Å². The van der Waals surface area contributed by atoms with E-state index in [2.05, 4.69) is 35.9 Å². The van der Waals surface area contributed by atoms with Gasteiger partial charge in [-0.05, 0) is 26.4 Å². The molecule has 0 amide bonds. The number of ether oxygens (including phenoxy) is 1. The predicted molar refractivity (Wildman–Crippen MR) is 79.5 cm³/mol. The molecule has 0 saturated carbocycles. The molecule has 0 aromatic carbocycles. The molecule has 1 N–H and O–H groups in total. The van der Waals surface area contributed by atoms with Crippen LogP contribution in [0.15, 0.2) is 0 Å². The van der Waals surface area contributed by atoms with Crippen LogP contribution in [-0.4, -0.2) is 74.4 Å². The van der Waals surface area contributed by atoms with E-state index in [1.165, 1.54) is 39.1 Å². The largest absolute Gasteiger partial charge is 0.381 e. The molecule has 0 aromatic heterocycles. The van der Waals surface area contributed by atoms with Crippen molar-refractivity contribution in [2.24, 2.45) is 5.92 Å². The quantitative estimate of drug-likeness (QED) is 0.807. The molecule has 2 fully saturated rings. The van der Waals surface area contributed by atoms with Gasteiger partial charge in [-0.15, -0.1) is 0 Å². The third-order valence-corrected chi connectivity index (χ3v) is 4.69. The predicted octanol–water partition coefficient (Wildman–Crippen LogP) is 1.03. The molecule has 4 heteroatoms. The summed E-state index contributed by atoms with van der Waals surface area (Å²) in [5.41, 5.74) is 0. The van der Waals surface area contributed by atoms with E-state index in [-0.39, 0.29) is 0 Å². The van der Waals surface area contributed by atoms with Gasteiger partial charge in [0, 0.05) is 50.8 Å². The average molecular weight is 269 g/mol. The summed E-state index contributed by atoms with van der Waals surface area (Å²) in [4.78, 5) is 5.22. The van der Waals surface area contributed by atoms with E-state index < -0.39 is 0 Å². The lowest BCUT2D eigenvalue weighted by molar-refractivity contribution is 0.00249. The Bertz CT molecular complexity index is 260. The van der Waals surface area contributed by atoms with E-state index >= 15 is 0 Å². The normalized spacial score (nSPS) is 34.6. The molecule has 0 aromatic rings. The second-order valence-electron chi connectivity index (χ2n) is 6.03. The lowest BCUT2D eigenvalue weighted by atomic mass is 9.94. The van der Waals surface area contributed by atoms with Gasteiger partial charge in [-0.1, -0.05) is 13.8 Å². The Kier molecular flexibility index (Phi) is 6.07. The molecule has 3 atom stereocenters. The van der Waals surface area contributed by atoms with Gasteiger partial charge in [0.05, 0.1) is 6.61 Å². The van der Waals surface area contributed by atoms with E-state index in [0.29, 0.717) is 18.0 Å². The SMILES string of the molecule is CCNC1CCOCC1CN1CCN(CC)C(C)C1. The Labute approximate surface area is 118 Å². The Morgan fingerprint density at radius 1 is 1.26 bits per heavy atom. The molecule has 112 valence electrons. The molecule has 19 heavy (non-hydrogen) atoms. The number of hydrogen-bond donors (Lipinski definition) is 1. The highest BCUT2D eigenvalue weighted by Gasteiger charge is 2.29. The standard InChI is InChI=1S/C15H31N3O/c1-4-16-15-6-9-19-12-14(15)11-17-7-8-18(5-2)13(3)10-17/h13-16H,4-12H2,1-3H3. The number of hydrogen-bond acceptors (Lipinski definition) is 4. The number of likely N-dealkylation sites (N-methyl/N-ethyl adjacent to an activating group) is 1. The van der Waals surface area contributed by atoms with E-state index in [4.69, 9.17) is 4.74 Å². The zero-order valence-corrected chi connectivity index (χ0v) is 12.9. The van der Waals surface area contributed by atoms with Crippen LogP contribution < -0.4 is 5.32 Å². The second kappa shape index (κ2) is 7.58. The van der Waals surface area contributed by atoms with Gasteiger partial charge in [0.1, 0.15) is 0 Å². The van der Waals surface area contributed by atoms with Crippen molar-refractivity contribution >= 4 is 0 Å². The Balaban J connectivity index is 1.82. The van der Waals surface area contributed by atoms with E-state index in [0.717, 1.165) is 19.8 Å². The van der Waals surface area contributed by atoms with Gasteiger partial charge in [-0.2, -0.15) is 0 Å². The Morgan fingerprint density at radius 3 is 2.79 bits per heavy atom. The minimum atomic E-state index is 0.651. The maximum absolute atomic E-state index is 5.69. The van der Waals surface area contributed by atoms with Crippen molar-refractivity contribution in [3.05, 3.63) is 0 Å². The van der Waals surface area contributed by atoms with Crippen LogP contribution in [0.1, 0.15) is 27.2 Å². The van der Waals surface area contributed by atoms with Crippen molar-refractivity contribution in [1.29, 1.82) is 0 Å². The monoisotopic (exact) mass is 269 g/mol. The number of nitrogens with zero attached hydrogens (tertiary/aromatic N) is 2. The molecule has 2 heterocycles. The van der Waals surface area contributed by atoms with E-state index in [1.807, 2.05) is 0 Å². The summed E-state index contributed by atoms with van der Waals surface area (Å²) in [5, 5.41) is 3.64. The first kappa shape index (κ1) is 15.2. The molecule has 0 radical (unpaired) electrons. The van der Waals surface area contributed by atoms with E-state index in [1.54, 1.807) is 0 Å². The summed E-state index contributed by atoms with van der Waals surface area (Å²) in [6, 6.07) is 1.35. The fourth-order valence-electron chi connectivity index (χ4n) is 3.55. The molecule has 4 nitrogen and oxygen atoms in total. The van der Waals surface area contributed by atoms with Gasteiger partial charge in [-0.3, -0.25) is 4.90 Å². The third-order valence-electron chi connectivity index (χ3n) is 4.69. The maximum atomic E-state index is 5.69. The lowest BCUT2D eigenvalue weighted by Crippen LogP contribution is -2.55. The summed E-state index contributed by atoms with van der Waals surface area (Å²) in [6.07, 6.45) is 1.17. The average Bonchev–Trinajstić information content (AvgIpc) is 2.41. The highest BCUT2D eigenvalue weighted by Crippen LogP contribution is 2.18. The van der Waals surface area contributed by atoms with Gasteiger partial charge in [0.2, 0.25) is 0 Å². The number of piperazine rings is 1. The first-order valence-electron chi connectivity index (χ1n) is 8.02. The molecule has 2 saturated heterocycles. The highest BCUT2D eigenvalue weighted by atomic mass is 16.5. The minimum Gasteiger partial charge on any atom is -0.381 e. The molecule has 3 unspecified atom stereocenters. The van der Waals surface area contributed by atoms with Crippen LogP contribution in [0.3, 0.4) is 0 Å². The zero-order valence-electron chi connectivity index (χ0n) is 12.9. The second-order valence-corrected chi connectivity index (χ2v) is 6.03. The van der Waals surface area contributed by atoms with Crippen molar-refractivity contribution in [3.8, 4) is 0 Å². The first-order valence-corrected chi connectivity index (χ1v) is 8.02. The van der Waals surface area contributed by atoms with Crippen molar-refractivity contribution in [2.75, 3.05) is 52.5 Å². The summed E-state index contributed by atoms with van der Waals surface area (Å²) >= 11 is 0. The van der Waals surface area contributed by atoms with Crippen LogP contribution in [0.5, 0.6) is 0 Å². The molecule has 0 spiro atoms. The van der Waals surface area contributed by atoms with Crippen LogP contribution in [-0.2, 0) is 4.74 Å². The van der Waals surface area contributed by atoms with Crippen molar-refractivity contribution in [2.45, 2.75) is 39.3 Å². The summed E-state index contributed by atoms with van der Waals surface area (Å²) < 4.78 is 5.69. The fraction of sp³-hybridized carbons (Fsp3) is 1.00. The van der Waals surface area contributed by atoms with Crippen LogP contribution in [0, 0.1) is 5.92 Å². The first-order chi connectivity index (χ1) is 9.24. The van der Waals surface area contributed by atoms with Gasteiger partial charge in [0.25, 0.3) is 0 Å². The zero-order chi connectivity index (χ0) is 13.7. The van der Waals surface area contributed by atoms with Crippen molar-refractivity contribution in [3.63, 3.8) is 0 Å². The van der Waals surface area contributed by atoms with Crippen LogP contribution in [0.4, 0.5) is 0 Å².